The van der Waals surface area contributed by atoms with Crippen LogP contribution >= 0.6 is 0 Å². The van der Waals surface area contributed by atoms with Gasteiger partial charge in [-0.15, -0.1) is 0 Å². The zero-order valence-electron chi connectivity index (χ0n) is 11.2. The van der Waals surface area contributed by atoms with Crippen LogP contribution in [0.15, 0.2) is 18.2 Å². The molecule has 1 fully saturated rings. The van der Waals surface area contributed by atoms with Gasteiger partial charge in [-0.2, -0.15) is 0 Å². The van der Waals surface area contributed by atoms with Gasteiger partial charge < -0.3 is 15.5 Å². The molecule has 1 saturated carbocycles. The van der Waals surface area contributed by atoms with Crippen molar-refractivity contribution in [2.75, 3.05) is 6.54 Å². The molecule has 1 aliphatic rings. The number of benzene rings is 1. The fourth-order valence-electron chi connectivity index (χ4n) is 2.51. The lowest BCUT2D eigenvalue weighted by Gasteiger charge is -2.25. The van der Waals surface area contributed by atoms with Crippen molar-refractivity contribution < 1.29 is 15.0 Å². The van der Waals surface area contributed by atoms with Gasteiger partial charge in [0, 0.05) is 6.54 Å². The second-order valence-corrected chi connectivity index (χ2v) is 5.41. The Bertz CT molecular complexity index is 451. The molecular weight excluding hydrogens is 242 g/mol. The van der Waals surface area contributed by atoms with E-state index in [2.05, 4.69) is 5.32 Å². The summed E-state index contributed by atoms with van der Waals surface area (Å²) < 4.78 is 0. The molecule has 19 heavy (non-hydrogen) atoms. The van der Waals surface area contributed by atoms with E-state index in [1.54, 1.807) is 18.2 Å². The number of nitrogens with one attached hydrogen (secondary N) is 1. The van der Waals surface area contributed by atoms with E-state index in [4.69, 9.17) is 0 Å². The predicted molar refractivity (Wildman–Crippen MR) is 73.1 cm³/mol. The third kappa shape index (κ3) is 3.70. The molecule has 0 spiro atoms. The van der Waals surface area contributed by atoms with Crippen molar-refractivity contribution >= 4 is 5.91 Å². The quantitative estimate of drug-likeness (QED) is 0.781. The maximum absolute atomic E-state index is 12.0. The minimum atomic E-state index is -0.229. The standard InChI is InChI=1S/C15H21NO3/c1-10-2-7-14(18)13(8-10)15(19)16-9-11-3-5-12(17)6-4-11/h2,7-8,11-12,17-18H,3-6,9H2,1H3,(H,16,19). The van der Waals surface area contributed by atoms with Crippen LogP contribution in [0.3, 0.4) is 0 Å². The number of hydrogen-bond donors (Lipinski definition) is 3. The van der Waals surface area contributed by atoms with Gasteiger partial charge in [-0.1, -0.05) is 11.6 Å². The average Bonchev–Trinajstić information content (AvgIpc) is 2.40. The van der Waals surface area contributed by atoms with Gasteiger partial charge in [0.05, 0.1) is 11.7 Å². The Balaban J connectivity index is 1.89. The monoisotopic (exact) mass is 263 g/mol. The third-order valence-electron chi connectivity index (χ3n) is 3.76. The number of carbonyl (C=O) groups is 1. The van der Waals surface area contributed by atoms with Crippen molar-refractivity contribution in [1.82, 2.24) is 5.32 Å². The van der Waals surface area contributed by atoms with Crippen LogP contribution in [0.2, 0.25) is 0 Å². The Morgan fingerprint density at radius 2 is 2.00 bits per heavy atom. The molecule has 0 heterocycles. The van der Waals surface area contributed by atoms with Crippen molar-refractivity contribution in [3.05, 3.63) is 29.3 Å². The Hall–Kier alpha value is -1.55. The summed E-state index contributed by atoms with van der Waals surface area (Å²) in [6.07, 6.45) is 3.35. The molecule has 1 amide bonds. The summed E-state index contributed by atoms with van der Waals surface area (Å²) in [6.45, 7) is 2.50. The average molecular weight is 263 g/mol. The second-order valence-electron chi connectivity index (χ2n) is 5.41. The molecule has 0 aliphatic heterocycles. The van der Waals surface area contributed by atoms with Gasteiger partial charge in [-0.25, -0.2) is 0 Å². The van der Waals surface area contributed by atoms with E-state index in [0.29, 0.717) is 18.0 Å². The number of carbonyl (C=O) groups excluding carboxylic acids is 1. The van der Waals surface area contributed by atoms with E-state index in [1.165, 1.54) is 0 Å². The molecule has 0 bridgehead atoms. The molecule has 104 valence electrons. The smallest absolute Gasteiger partial charge is 0.255 e. The summed E-state index contributed by atoms with van der Waals surface area (Å²) in [4.78, 5) is 12.0. The Labute approximate surface area is 113 Å². The second kappa shape index (κ2) is 6.06. The minimum Gasteiger partial charge on any atom is -0.507 e. The maximum atomic E-state index is 12.0. The van der Waals surface area contributed by atoms with E-state index in [9.17, 15) is 15.0 Å². The number of rotatable bonds is 3. The number of aromatic hydroxyl groups is 1. The van der Waals surface area contributed by atoms with Gasteiger partial charge in [-0.3, -0.25) is 4.79 Å². The summed E-state index contributed by atoms with van der Waals surface area (Å²) in [5.74, 6) is 0.216. The number of aliphatic hydroxyl groups is 1. The van der Waals surface area contributed by atoms with E-state index in [-0.39, 0.29) is 17.8 Å². The number of amides is 1. The number of aryl methyl sites for hydroxylation is 1. The molecule has 1 aromatic rings. The van der Waals surface area contributed by atoms with Crippen LogP contribution in [0.4, 0.5) is 0 Å². The Morgan fingerprint density at radius 1 is 1.32 bits per heavy atom. The van der Waals surface area contributed by atoms with Gasteiger partial charge in [0.25, 0.3) is 5.91 Å². The topological polar surface area (TPSA) is 69.6 Å². The molecule has 0 radical (unpaired) electrons. The molecular formula is C15H21NO3. The highest BCUT2D eigenvalue weighted by Crippen LogP contribution is 2.24. The van der Waals surface area contributed by atoms with Crippen molar-refractivity contribution in [2.24, 2.45) is 5.92 Å². The molecule has 0 unspecified atom stereocenters. The van der Waals surface area contributed by atoms with Crippen LogP contribution < -0.4 is 5.32 Å². The highest BCUT2D eigenvalue weighted by atomic mass is 16.3. The molecule has 1 aromatic carbocycles. The largest absolute Gasteiger partial charge is 0.507 e. The first-order valence-corrected chi connectivity index (χ1v) is 6.82. The lowest BCUT2D eigenvalue weighted by atomic mass is 9.87. The maximum Gasteiger partial charge on any atom is 0.255 e. The molecule has 3 N–H and O–H groups in total. The van der Waals surface area contributed by atoms with Gasteiger partial charge >= 0.3 is 0 Å². The van der Waals surface area contributed by atoms with Crippen molar-refractivity contribution in [3.8, 4) is 5.75 Å². The Morgan fingerprint density at radius 3 is 2.68 bits per heavy atom. The fraction of sp³-hybridized carbons (Fsp3) is 0.533. The van der Waals surface area contributed by atoms with Crippen LogP contribution in [-0.2, 0) is 0 Å². The molecule has 0 saturated heterocycles. The van der Waals surface area contributed by atoms with E-state index < -0.39 is 0 Å². The van der Waals surface area contributed by atoms with Crippen LogP contribution in [0.25, 0.3) is 0 Å². The molecule has 0 atom stereocenters. The molecule has 4 nitrogen and oxygen atoms in total. The Kier molecular flexibility index (Phi) is 4.43. The van der Waals surface area contributed by atoms with Crippen LogP contribution in [-0.4, -0.2) is 28.8 Å². The van der Waals surface area contributed by atoms with Gasteiger partial charge in [0.15, 0.2) is 0 Å². The van der Waals surface area contributed by atoms with Crippen molar-refractivity contribution in [1.29, 1.82) is 0 Å². The van der Waals surface area contributed by atoms with Crippen molar-refractivity contribution in [2.45, 2.75) is 38.7 Å². The first kappa shape index (κ1) is 13.9. The number of aliphatic hydroxyl groups excluding tert-OH is 1. The van der Waals surface area contributed by atoms with Gasteiger partial charge in [-0.05, 0) is 50.7 Å². The normalized spacial score (nSPS) is 23.1. The summed E-state index contributed by atoms with van der Waals surface area (Å²) in [6, 6.07) is 5.01. The number of phenols is 1. The molecule has 4 heteroatoms. The first-order valence-electron chi connectivity index (χ1n) is 6.82. The van der Waals surface area contributed by atoms with Crippen LogP contribution in [0.5, 0.6) is 5.75 Å². The third-order valence-corrected chi connectivity index (χ3v) is 3.76. The van der Waals surface area contributed by atoms with E-state index >= 15 is 0 Å². The van der Waals surface area contributed by atoms with E-state index in [0.717, 1.165) is 31.2 Å². The van der Waals surface area contributed by atoms with Crippen LogP contribution in [0.1, 0.15) is 41.6 Å². The SMILES string of the molecule is Cc1ccc(O)c(C(=O)NCC2CCC(O)CC2)c1. The van der Waals surface area contributed by atoms with Crippen molar-refractivity contribution in [3.63, 3.8) is 0 Å². The summed E-state index contributed by atoms with van der Waals surface area (Å²) >= 11 is 0. The summed E-state index contributed by atoms with van der Waals surface area (Å²) in [7, 11) is 0. The zero-order valence-corrected chi connectivity index (χ0v) is 11.2. The minimum absolute atomic E-state index is 0.0159. The van der Waals surface area contributed by atoms with Gasteiger partial charge in [0.2, 0.25) is 0 Å². The lowest BCUT2D eigenvalue weighted by molar-refractivity contribution is 0.0908. The zero-order chi connectivity index (χ0) is 13.8. The van der Waals surface area contributed by atoms with Crippen LogP contribution in [0, 0.1) is 12.8 Å². The summed E-state index contributed by atoms with van der Waals surface area (Å²) in [5, 5.41) is 22.0. The highest BCUT2D eigenvalue weighted by Gasteiger charge is 2.20. The first-order chi connectivity index (χ1) is 9.06. The number of hydrogen-bond acceptors (Lipinski definition) is 3. The molecule has 1 aliphatic carbocycles. The highest BCUT2D eigenvalue weighted by molar-refractivity contribution is 5.96. The summed E-state index contributed by atoms with van der Waals surface area (Å²) in [5.41, 5.74) is 1.28. The van der Waals surface area contributed by atoms with E-state index in [1.807, 2.05) is 6.92 Å². The van der Waals surface area contributed by atoms with Gasteiger partial charge in [0.1, 0.15) is 5.75 Å². The fourth-order valence-corrected chi connectivity index (χ4v) is 2.51. The molecule has 2 rings (SSSR count). The predicted octanol–water partition coefficient (Wildman–Crippen LogP) is 1.98. The lowest BCUT2D eigenvalue weighted by Crippen LogP contribution is -2.32. The molecule has 0 aromatic heterocycles. The number of phenolic OH excluding ortho intramolecular Hbond substituents is 1.